The lowest BCUT2D eigenvalue weighted by atomic mass is 10.3. The normalized spacial score (nSPS) is 10.8. The van der Waals surface area contributed by atoms with E-state index < -0.39 is 4.92 Å². The van der Waals surface area contributed by atoms with Crippen LogP contribution in [0.3, 0.4) is 0 Å². The van der Waals surface area contributed by atoms with E-state index in [2.05, 4.69) is 17.2 Å². The van der Waals surface area contributed by atoms with Crippen LogP contribution in [0.5, 0.6) is 0 Å². The van der Waals surface area contributed by atoms with E-state index in [1.165, 1.54) is 6.07 Å². The second-order valence-corrected chi connectivity index (χ2v) is 5.43. The van der Waals surface area contributed by atoms with Gasteiger partial charge in [-0.15, -0.1) is 0 Å². The van der Waals surface area contributed by atoms with Crippen molar-refractivity contribution in [1.29, 1.82) is 0 Å². The highest BCUT2D eigenvalue weighted by atomic mass is 32.1. The number of oxazole rings is 1. The van der Waals surface area contributed by atoms with Crippen LogP contribution in [0.15, 0.2) is 22.7 Å². The summed E-state index contributed by atoms with van der Waals surface area (Å²) in [6.07, 6.45) is 4.49. The molecule has 0 bridgehead atoms. The molecular formula is C13H17N3O3S. The molecule has 0 saturated carbocycles. The molecule has 0 atom stereocenters. The molecule has 2 aromatic rings. The number of aryl methyl sites for hydroxylation is 1. The largest absolute Gasteiger partial charge is 0.440 e. The highest BCUT2D eigenvalue weighted by Crippen LogP contribution is 2.32. The van der Waals surface area contributed by atoms with Gasteiger partial charge in [0.25, 0.3) is 0 Å². The minimum absolute atomic E-state index is 0.113. The van der Waals surface area contributed by atoms with Crippen molar-refractivity contribution in [1.82, 2.24) is 10.3 Å². The van der Waals surface area contributed by atoms with Gasteiger partial charge in [0.15, 0.2) is 11.7 Å². The molecule has 2 rings (SSSR count). The van der Waals surface area contributed by atoms with Crippen molar-refractivity contribution in [2.45, 2.75) is 26.2 Å². The van der Waals surface area contributed by atoms with E-state index in [4.69, 9.17) is 4.42 Å². The first-order valence-corrected chi connectivity index (χ1v) is 7.42. The number of nitro groups is 1. The molecule has 0 aliphatic heterocycles. The SMILES string of the molecule is CCCNCCCc1ncc(-c2ccc([N+](=O)[O-])s2)o1. The summed E-state index contributed by atoms with van der Waals surface area (Å²) in [7, 11) is 0. The molecule has 0 aliphatic carbocycles. The average Bonchev–Trinajstić information content (AvgIpc) is 3.07. The second-order valence-electron chi connectivity index (χ2n) is 4.37. The Hall–Kier alpha value is -1.73. The predicted octanol–water partition coefficient (Wildman–Crippen LogP) is 3.24. The minimum Gasteiger partial charge on any atom is -0.440 e. The number of hydrogen-bond acceptors (Lipinski definition) is 6. The lowest BCUT2D eigenvalue weighted by Crippen LogP contribution is -2.16. The fourth-order valence-electron chi connectivity index (χ4n) is 1.76. The smallest absolute Gasteiger partial charge is 0.324 e. The molecule has 2 heterocycles. The van der Waals surface area contributed by atoms with Crippen LogP contribution in [0, 0.1) is 10.1 Å². The lowest BCUT2D eigenvalue weighted by Gasteiger charge is -2.00. The van der Waals surface area contributed by atoms with E-state index in [1.807, 2.05) is 0 Å². The summed E-state index contributed by atoms with van der Waals surface area (Å²) in [4.78, 5) is 15.2. The van der Waals surface area contributed by atoms with Crippen molar-refractivity contribution < 1.29 is 9.34 Å². The molecule has 0 spiro atoms. The van der Waals surface area contributed by atoms with Gasteiger partial charge in [0, 0.05) is 12.5 Å². The summed E-state index contributed by atoms with van der Waals surface area (Å²) < 4.78 is 5.62. The van der Waals surface area contributed by atoms with Crippen molar-refractivity contribution in [2.24, 2.45) is 0 Å². The third kappa shape index (κ3) is 3.88. The summed E-state index contributed by atoms with van der Waals surface area (Å²) in [6, 6.07) is 3.17. The molecule has 0 amide bonds. The van der Waals surface area contributed by atoms with Gasteiger partial charge in [-0.2, -0.15) is 0 Å². The van der Waals surface area contributed by atoms with Crippen LogP contribution in [0.2, 0.25) is 0 Å². The Kier molecular flexibility index (Phi) is 5.25. The molecule has 0 aliphatic rings. The Morgan fingerprint density at radius 1 is 1.45 bits per heavy atom. The lowest BCUT2D eigenvalue weighted by molar-refractivity contribution is -0.380. The second kappa shape index (κ2) is 7.16. The molecule has 108 valence electrons. The third-order valence-electron chi connectivity index (χ3n) is 2.74. The molecule has 6 nitrogen and oxygen atoms in total. The van der Waals surface area contributed by atoms with Gasteiger partial charge < -0.3 is 9.73 Å². The van der Waals surface area contributed by atoms with Crippen molar-refractivity contribution in [3.05, 3.63) is 34.3 Å². The Bertz CT molecular complexity index is 565. The van der Waals surface area contributed by atoms with Crippen LogP contribution in [-0.2, 0) is 6.42 Å². The van der Waals surface area contributed by atoms with Gasteiger partial charge in [-0.1, -0.05) is 18.3 Å². The molecule has 20 heavy (non-hydrogen) atoms. The number of aromatic nitrogens is 1. The molecule has 0 saturated heterocycles. The number of rotatable bonds is 8. The van der Waals surface area contributed by atoms with Gasteiger partial charge in [0.2, 0.25) is 0 Å². The van der Waals surface area contributed by atoms with Gasteiger partial charge in [-0.3, -0.25) is 10.1 Å². The van der Waals surface area contributed by atoms with E-state index in [-0.39, 0.29) is 5.00 Å². The zero-order valence-corrected chi connectivity index (χ0v) is 12.1. The topological polar surface area (TPSA) is 81.2 Å². The summed E-state index contributed by atoms with van der Waals surface area (Å²) >= 11 is 1.10. The fraction of sp³-hybridized carbons (Fsp3) is 0.462. The minimum atomic E-state index is -0.398. The van der Waals surface area contributed by atoms with Gasteiger partial charge >= 0.3 is 5.00 Å². The molecule has 7 heteroatoms. The molecule has 1 N–H and O–H groups in total. The van der Waals surface area contributed by atoms with Crippen molar-refractivity contribution >= 4 is 16.3 Å². The quantitative estimate of drug-likeness (QED) is 0.459. The maximum absolute atomic E-state index is 10.6. The highest BCUT2D eigenvalue weighted by Gasteiger charge is 2.14. The first-order chi connectivity index (χ1) is 9.70. The summed E-state index contributed by atoms with van der Waals surface area (Å²) in [6.45, 7) is 4.10. The Morgan fingerprint density at radius 3 is 3.00 bits per heavy atom. The molecular weight excluding hydrogens is 278 g/mol. The van der Waals surface area contributed by atoms with Crippen molar-refractivity contribution in [2.75, 3.05) is 13.1 Å². The zero-order valence-electron chi connectivity index (χ0n) is 11.3. The predicted molar refractivity (Wildman–Crippen MR) is 78.0 cm³/mol. The van der Waals surface area contributed by atoms with Gasteiger partial charge in [-0.25, -0.2) is 4.98 Å². The molecule has 0 radical (unpaired) electrons. The molecule has 0 unspecified atom stereocenters. The Morgan fingerprint density at radius 2 is 2.30 bits per heavy atom. The van der Waals surface area contributed by atoms with Crippen LogP contribution >= 0.6 is 11.3 Å². The monoisotopic (exact) mass is 295 g/mol. The number of nitrogens with zero attached hydrogens (tertiary/aromatic N) is 2. The first kappa shape index (κ1) is 14.7. The average molecular weight is 295 g/mol. The zero-order chi connectivity index (χ0) is 14.4. The number of nitrogens with one attached hydrogen (secondary N) is 1. The van der Waals surface area contributed by atoms with Crippen LogP contribution in [-0.4, -0.2) is 23.0 Å². The van der Waals surface area contributed by atoms with Crippen LogP contribution < -0.4 is 5.32 Å². The Labute approximate surface area is 121 Å². The van der Waals surface area contributed by atoms with E-state index in [1.54, 1.807) is 12.3 Å². The first-order valence-electron chi connectivity index (χ1n) is 6.60. The van der Waals surface area contributed by atoms with Crippen LogP contribution in [0.1, 0.15) is 25.7 Å². The van der Waals surface area contributed by atoms with E-state index in [9.17, 15) is 10.1 Å². The van der Waals surface area contributed by atoms with Crippen molar-refractivity contribution in [3.8, 4) is 10.6 Å². The number of hydrogen-bond donors (Lipinski definition) is 1. The summed E-state index contributed by atoms with van der Waals surface area (Å²) in [5.41, 5.74) is 0. The fourth-order valence-corrected chi connectivity index (χ4v) is 2.53. The number of thiophene rings is 1. The van der Waals surface area contributed by atoms with E-state index in [0.29, 0.717) is 11.7 Å². The third-order valence-corrected chi connectivity index (χ3v) is 3.79. The maximum Gasteiger partial charge on any atom is 0.324 e. The maximum atomic E-state index is 10.6. The van der Waals surface area contributed by atoms with Crippen molar-refractivity contribution in [3.63, 3.8) is 0 Å². The summed E-state index contributed by atoms with van der Waals surface area (Å²) in [5.74, 6) is 1.27. The van der Waals surface area contributed by atoms with Gasteiger partial charge in [-0.05, 0) is 32.0 Å². The highest BCUT2D eigenvalue weighted by molar-refractivity contribution is 7.18. The van der Waals surface area contributed by atoms with E-state index in [0.717, 1.165) is 48.6 Å². The standard InChI is InChI=1S/C13H17N3O3S/c1-2-7-14-8-3-4-12-15-9-10(19-12)11-5-6-13(20-11)16(17)18/h5-6,9,14H,2-4,7-8H2,1H3. The van der Waals surface area contributed by atoms with Crippen LogP contribution in [0.25, 0.3) is 10.6 Å². The molecule has 2 aromatic heterocycles. The van der Waals surface area contributed by atoms with Crippen LogP contribution in [0.4, 0.5) is 5.00 Å². The molecule has 0 fully saturated rings. The van der Waals surface area contributed by atoms with E-state index >= 15 is 0 Å². The molecule has 0 aromatic carbocycles. The van der Waals surface area contributed by atoms with Gasteiger partial charge in [0.05, 0.1) is 16.0 Å². The summed E-state index contributed by atoms with van der Waals surface area (Å²) in [5, 5.41) is 14.1. The Balaban J connectivity index is 1.89. The van der Waals surface area contributed by atoms with Gasteiger partial charge in [0.1, 0.15) is 0 Å².